The van der Waals surface area contributed by atoms with Crippen molar-refractivity contribution in [3.63, 3.8) is 0 Å². The minimum Gasteiger partial charge on any atom is -0.393 e. The normalized spacial score (nSPS) is 23.1. The van der Waals surface area contributed by atoms with Gasteiger partial charge >= 0.3 is 0 Å². The molecule has 16 heavy (non-hydrogen) atoms. The third-order valence-corrected chi connectivity index (χ3v) is 2.81. The second kappa shape index (κ2) is 5.64. The molecule has 4 heteroatoms. The Labute approximate surface area is 97.4 Å². The van der Waals surface area contributed by atoms with Gasteiger partial charge in [-0.25, -0.2) is 0 Å². The average Bonchev–Trinajstić information content (AvgIpc) is 2.64. The quantitative estimate of drug-likeness (QED) is 0.741. The predicted octanol–water partition coefficient (Wildman–Crippen LogP) is 1.08. The zero-order chi connectivity index (χ0) is 12.2. The van der Waals surface area contributed by atoms with Crippen LogP contribution in [-0.4, -0.2) is 36.4 Å². The standard InChI is InChI=1S/C12H23NO3/c1-9(14)7-12(2,3)8-13-11(15)10-5-4-6-16-10/h9-10,14H,4-8H2,1-3H3,(H,13,15). The van der Waals surface area contributed by atoms with Gasteiger partial charge in [0, 0.05) is 13.2 Å². The number of ether oxygens (including phenoxy) is 1. The first kappa shape index (κ1) is 13.5. The van der Waals surface area contributed by atoms with Gasteiger partial charge in [0.15, 0.2) is 0 Å². The predicted molar refractivity (Wildman–Crippen MR) is 62.1 cm³/mol. The molecule has 1 saturated heterocycles. The van der Waals surface area contributed by atoms with Crippen molar-refractivity contribution in [1.29, 1.82) is 0 Å². The molecule has 2 atom stereocenters. The largest absolute Gasteiger partial charge is 0.393 e. The molecule has 0 saturated carbocycles. The van der Waals surface area contributed by atoms with Crippen molar-refractivity contribution in [2.75, 3.05) is 13.2 Å². The highest BCUT2D eigenvalue weighted by molar-refractivity contribution is 5.80. The minimum absolute atomic E-state index is 0.0174. The van der Waals surface area contributed by atoms with E-state index in [2.05, 4.69) is 5.32 Å². The van der Waals surface area contributed by atoms with Crippen LogP contribution in [0.2, 0.25) is 0 Å². The van der Waals surface area contributed by atoms with Crippen LogP contribution < -0.4 is 5.32 Å². The molecule has 1 aliphatic heterocycles. The van der Waals surface area contributed by atoms with E-state index in [1.54, 1.807) is 6.92 Å². The molecule has 2 unspecified atom stereocenters. The number of aliphatic hydroxyl groups excluding tert-OH is 1. The van der Waals surface area contributed by atoms with Crippen molar-refractivity contribution in [1.82, 2.24) is 5.32 Å². The van der Waals surface area contributed by atoms with E-state index in [9.17, 15) is 9.90 Å². The lowest BCUT2D eigenvalue weighted by Crippen LogP contribution is -2.40. The van der Waals surface area contributed by atoms with E-state index < -0.39 is 0 Å². The van der Waals surface area contributed by atoms with Gasteiger partial charge in [0.05, 0.1) is 6.10 Å². The molecule has 0 aromatic heterocycles. The Hall–Kier alpha value is -0.610. The highest BCUT2D eigenvalue weighted by Crippen LogP contribution is 2.21. The third kappa shape index (κ3) is 4.49. The van der Waals surface area contributed by atoms with Crippen molar-refractivity contribution < 1.29 is 14.6 Å². The number of hydrogen-bond acceptors (Lipinski definition) is 3. The van der Waals surface area contributed by atoms with Crippen LogP contribution in [0.25, 0.3) is 0 Å². The molecular weight excluding hydrogens is 206 g/mol. The van der Waals surface area contributed by atoms with Crippen LogP contribution in [0.4, 0.5) is 0 Å². The average molecular weight is 229 g/mol. The number of carbonyl (C=O) groups is 1. The van der Waals surface area contributed by atoms with Crippen LogP contribution >= 0.6 is 0 Å². The molecule has 0 radical (unpaired) electrons. The Bertz CT molecular complexity index is 232. The summed E-state index contributed by atoms with van der Waals surface area (Å²) in [4.78, 5) is 11.7. The monoisotopic (exact) mass is 229 g/mol. The Morgan fingerprint density at radius 3 is 2.81 bits per heavy atom. The SMILES string of the molecule is CC(O)CC(C)(C)CNC(=O)C1CCCO1. The maximum atomic E-state index is 11.7. The molecule has 0 aromatic rings. The van der Waals surface area contributed by atoms with Gasteiger partial charge in [0.25, 0.3) is 0 Å². The van der Waals surface area contributed by atoms with E-state index >= 15 is 0 Å². The van der Waals surface area contributed by atoms with Crippen molar-refractivity contribution in [3.05, 3.63) is 0 Å². The lowest BCUT2D eigenvalue weighted by molar-refractivity contribution is -0.130. The summed E-state index contributed by atoms with van der Waals surface area (Å²) in [6.07, 6.45) is 1.87. The highest BCUT2D eigenvalue weighted by Gasteiger charge is 2.26. The third-order valence-electron chi connectivity index (χ3n) is 2.81. The van der Waals surface area contributed by atoms with E-state index in [4.69, 9.17) is 4.74 Å². The summed E-state index contributed by atoms with van der Waals surface area (Å²) in [6.45, 7) is 7.11. The first-order chi connectivity index (χ1) is 7.41. The highest BCUT2D eigenvalue weighted by atomic mass is 16.5. The number of nitrogens with one attached hydrogen (secondary N) is 1. The molecule has 0 aromatic carbocycles. The first-order valence-corrected chi connectivity index (χ1v) is 5.98. The van der Waals surface area contributed by atoms with Crippen molar-refractivity contribution >= 4 is 5.91 Å². The minimum atomic E-state index is -0.338. The van der Waals surface area contributed by atoms with Gasteiger partial charge in [-0.05, 0) is 31.6 Å². The number of carbonyl (C=O) groups excluding carboxylic acids is 1. The Kier molecular flexibility index (Phi) is 4.74. The van der Waals surface area contributed by atoms with Crippen LogP contribution in [-0.2, 0) is 9.53 Å². The van der Waals surface area contributed by atoms with Crippen LogP contribution in [0, 0.1) is 5.41 Å². The van der Waals surface area contributed by atoms with E-state index in [1.807, 2.05) is 13.8 Å². The summed E-state index contributed by atoms with van der Waals surface area (Å²) < 4.78 is 5.30. The fourth-order valence-electron chi connectivity index (χ4n) is 2.10. The summed E-state index contributed by atoms with van der Waals surface area (Å²) in [5.74, 6) is -0.0174. The van der Waals surface area contributed by atoms with Gasteiger partial charge in [-0.1, -0.05) is 13.8 Å². The second-order valence-electron chi connectivity index (χ2n) is 5.44. The number of hydrogen-bond donors (Lipinski definition) is 2. The van der Waals surface area contributed by atoms with Gasteiger partial charge in [-0.3, -0.25) is 4.79 Å². The van der Waals surface area contributed by atoms with Crippen molar-refractivity contribution in [3.8, 4) is 0 Å². The fraction of sp³-hybridized carbons (Fsp3) is 0.917. The van der Waals surface area contributed by atoms with E-state index in [-0.39, 0.29) is 23.5 Å². The summed E-state index contributed by atoms with van der Waals surface area (Å²) in [5, 5.41) is 12.2. The number of amides is 1. The zero-order valence-electron chi connectivity index (χ0n) is 10.5. The Balaban J connectivity index is 2.29. The van der Waals surface area contributed by atoms with Crippen LogP contribution in [0.15, 0.2) is 0 Å². The molecule has 4 nitrogen and oxygen atoms in total. The van der Waals surface area contributed by atoms with E-state index in [0.717, 1.165) is 12.8 Å². The van der Waals surface area contributed by atoms with Crippen LogP contribution in [0.5, 0.6) is 0 Å². The molecule has 1 fully saturated rings. The fourth-order valence-corrected chi connectivity index (χ4v) is 2.10. The number of rotatable bonds is 5. The zero-order valence-corrected chi connectivity index (χ0v) is 10.5. The van der Waals surface area contributed by atoms with Gasteiger partial charge in [-0.2, -0.15) is 0 Å². The lowest BCUT2D eigenvalue weighted by Gasteiger charge is -2.26. The summed E-state index contributed by atoms with van der Waals surface area (Å²) >= 11 is 0. The van der Waals surface area contributed by atoms with Crippen molar-refractivity contribution in [2.45, 2.75) is 52.2 Å². The molecule has 1 rings (SSSR count). The Morgan fingerprint density at radius 1 is 1.62 bits per heavy atom. The van der Waals surface area contributed by atoms with Gasteiger partial charge in [-0.15, -0.1) is 0 Å². The smallest absolute Gasteiger partial charge is 0.249 e. The maximum absolute atomic E-state index is 11.7. The summed E-state index contributed by atoms with van der Waals surface area (Å²) in [7, 11) is 0. The molecule has 0 bridgehead atoms. The molecular formula is C12H23NO3. The van der Waals surface area contributed by atoms with Crippen molar-refractivity contribution in [2.24, 2.45) is 5.41 Å². The lowest BCUT2D eigenvalue weighted by atomic mass is 9.87. The Morgan fingerprint density at radius 2 is 2.31 bits per heavy atom. The maximum Gasteiger partial charge on any atom is 0.249 e. The summed E-state index contributed by atoms with van der Waals surface area (Å²) in [6, 6.07) is 0. The van der Waals surface area contributed by atoms with Gasteiger partial charge < -0.3 is 15.2 Å². The molecule has 0 spiro atoms. The summed E-state index contributed by atoms with van der Waals surface area (Å²) in [5.41, 5.74) is -0.0809. The topological polar surface area (TPSA) is 58.6 Å². The van der Waals surface area contributed by atoms with Gasteiger partial charge in [0.1, 0.15) is 6.10 Å². The van der Waals surface area contributed by atoms with Gasteiger partial charge in [0.2, 0.25) is 5.91 Å². The molecule has 2 N–H and O–H groups in total. The molecule has 1 aliphatic rings. The molecule has 1 heterocycles. The van der Waals surface area contributed by atoms with E-state index in [1.165, 1.54) is 0 Å². The molecule has 94 valence electrons. The second-order valence-corrected chi connectivity index (χ2v) is 5.44. The number of aliphatic hydroxyl groups is 1. The first-order valence-electron chi connectivity index (χ1n) is 5.98. The molecule has 1 amide bonds. The van der Waals surface area contributed by atoms with Crippen LogP contribution in [0.3, 0.4) is 0 Å². The molecule has 0 aliphatic carbocycles. The van der Waals surface area contributed by atoms with E-state index in [0.29, 0.717) is 19.6 Å². The van der Waals surface area contributed by atoms with Crippen LogP contribution in [0.1, 0.15) is 40.0 Å².